The number of hydrogen-bond donors (Lipinski definition) is 0. The summed E-state index contributed by atoms with van der Waals surface area (Å²) < 4.78 is 0. The van der Waals surface area contributed by atoms with Gasteiger partial charge in [-0.3, -0.25) is 4.98 Å². The van der Waals surface area contributed by atoms with Crippen molar-refractivity contribution in [1.82, 2.24) is 4.98 Å². The first kappa shape index (κ1) is 22.6. The van der Waals surface area contributed by atoms with E-state index in [-0.39, 0.29) is 42.2 Å². The Hall–Kier alpha value is -1.40. The number of fused-ring (bicyclic) bond motifs is 1. The summed E-state index contributed by atoms with van der Waals surface area (Å²) in [5.74, 6) is 0. The van der Waals surface area contributed by atoms with Gasteiger partial charge in [-0.05, 0) is 30.0 Å². The maximum atomic E-state index is 5.95. The van der Waals surface area contributed by atoms with E-state index in [1.165, 1.54) is 27.6 Å². The van der Waals surface area contributed by atoms with Crippen LogP contribution >= 0.6 is 11.6 Å². The molecule has 1 aromatic heterocycles. The van der Waals surface area contributed by atoms with Gasteiger partial charge in [0.05, 0.1) is 0 Å². The molecular weight excluding hydrogens is 425 g/mol. The van der Waals surface area contributed by atoms with Crippen LogP contribution in [0.4, 0.5) is 0 Å². The van der Waals surface area contributed by atoms with Gasteiger partial charge in [0.1, 0.15) is 0 Å². The first-order valence-corrected chi connectivity index (χ1v) is 8.01. The smallest absolute Gasteiger partial charge is 1.00 e. The molecule has 131 valence electrons. The van der Waals surface area contributed by atoms with Crippen LogP contribution in [0.15, 0.2) is 79.0 Å². The number of benzene rings is 2. The van der Waals surface area contributed by atoms with E-state index in [1.807, 2.05) is 24.4 Å². The summed E-state index contributed by atoms with van der Waals surface area (Å²) in [4.78, 5) is 4.55. The standard InChI is InChI=1S/C21H15ClN.2ClH.Cr/c22-19-10-7-15(8-11-19)13-16-6-9-18(14-16)20-5-1-3-17-4-2-12-23-21(17)20;;;/h1-12,14H,13H2;2*1H;/q-1;;;+3/p-2. The largest absolute Gasteiger partial charge is 3.00 e. The van der Waals surface area contributed by atoms with Crippen molar-refractivity contribution in [1.29, 1.82) is 0 Å². The number of aromatic nitrogens is 1. The summed E-state index contributed by atoms with van der Waals surface area (Å²) in [5.41, 5.74) is 6.03. The van der Waals surface area contributed by atoms with Crippen LogP contribution in [-0.2, 0) is 23.8 Å². The molecule has 4 aromatic rings. The zero-order chi connectivity index (χ0) is 15.6. The van der Waals surface area contributed by atoms with Gasteiger partial charge in [0, 0.05) is 16.7 Å². The molecule has 1 radical (unpaired) electrons. The van der Waals surface area contributed by atoms with Crippen LogP contribution in [0.3, 0.4) is 0 Å². The topological polar surface area (TPSA) is 12.9 Å². The third-order valence-electron chi connectivity index (χ3n) is 4.08. The molecule has 0 saturated carbocycles. The number of nitrogens with zero attached hydrogens (tertiary/aromatic N) is 1. The van der Waals surface area contributed by atoms with Gasteiger partial charge >= 0.3 is 17.4 Å². The Morgan fingerprint density at radius 2 is 1.58 bits per heavy atom. The summed E-state index contributed by atoms with van der Waals surface area (Å²) in [5, 5.41) is 1.95. The zero-order valence-electron chi connectivity index (χ0n) is 13.7. The van der Waals surface area contributed by atoms with Gasteiger partial charge in [0.25, 0.3) is 0 Å². The van der Waals surface area contributed by atoms with E-state index in [1.54, 1.807) is 0 Å². The minimum Gasteiger partial charge on any atom is -1.00 e. The van der Waals surface area contributed by atoms with E-state index in [9.17, 15) is 0 Å². The van der Waals surface area contributed by atoms with Crippen LogP contribution in [0.25, 0.3) is 22.0 Å². The molecular formula is C21H15Cl3CrN. The third-order valence-corrected chi connectivity index (χ3v) is 4.34. The van der Waals surface area contributed by atoms with Crippen molar-refractivity contribution in [3.8, 4) is 11.1 Å². The van der Waals surface area contributed by atoms with Crippen molar-refractivity contribution in [2.75, 3.05) is 0 Å². The van der Waals surface area contributed by atoms with E-state index < -0.39 is 0 Å². The normalized spacial score (nSPS) is 9.73. The molecule has 1 nitrogen and oxygen atoms in total. The van der Waals surface area contributed by atoms with E-state index in [0.717, 1.165) is 17.0 Å². The number of rotatable bonds is 3. The van der Waals surface area contributed by atoms with E-state index >= 15 is 0 Å². The minimum absolute atomic E-state index is 0. The number of pyridine rings is 1. The Morgan fingerprint density at radius 1 is 0.846 bits per heavy atom. The Balaban J connectivity index is 0.00000113. The monoisotopic (exact) mass is 438 g/mol. The number of halogens is 3. The Kier molecular flexibility index (Phi) is 8.77. The van der Waals surface area contributed by atoms with Crippen LogP contribution in [0.5, 0.6) is 0 Å². The molecule has 4 rings (SSSR count). The van der Waals surface area contributed by atoms with Gasteiger partial charge in [-0.1, -0.05) is 58.6 Å². The Morgan fingerprint density at radius 3 is 2.35 bits per heavy atom. The summed E-state index contributed by atoms with van der Waals surface area (Å²) >= 11 is 5.95. The first-order valence-electron chi connectivity index (χ1n) is 7.64. The van der Waals surface area contributed by atoms with Crippen molar-refractivity contribution >= 4 is 22.5 Å². The fraction of sp³-hybridized carbons (Fsp3) is 0.0476. The molecule has 0 aliphatic rings. The van der Waals surface area contributed by atoms with Gasteiger partial charge < -0.3 is 24.8 Å². The molecule has 0 fully saturated rings. The molecule has 0 atom stereocenters. The van der Waals surface area contributed by atoms with E-state index in [2.05, 4.69) is 59.6 Å². The van der Waals surface area contributed by atoms with Gasteiger partial charge in [-0.2, -0.15) is 0 Å². The van der Waals surface area contributed by atoms with Crippen LogP contribution < -0.4 is 24.8 Å². The second kappa shape index (κ2) is 10.1. The van der Waals surface area contributed by atoms with Gasteiger partial charge in [0.15, 0.2) is 0 Å². The average molecular weight is 440 g/mol. The van der Waals surface area contributed by atoms with Gasteiger partial charge in [-0.25, -0.2) is 0 Å². The summed E-state index contributed by atoms with van der Waals surface area (Å²) in [7, 11) is 0. The van der Waals surface area contributed by atoms with Crippen LogP contribution in [0.1, 0.15) is 11.1 Å². The van der Waals surface area contributed by atoms with Crippen molar-refractivity contribution in [2.24, 2.45) is 0 Å². The molecule has 0 bridgehead atoms. The van der Waals surface area contributed by atoms with Crippen molar-refractivity contribution in [3.63, 3.8) is 0 Å². The molecule has 0 spiro atoms. The predicted octanol–water partition coefficient (Wildman–Crippen LogP) is -0.130. The fourth-order valence-corrected chi connectivity index (χ4v) is 3.07. The second-order valence-electron chi connectivity index (χ2n) is 5.69. The minimum atomic E-state index is 0. The number of hydrogen-bond acceptors (Lipinski definition) is 1. The van der Waals surface area contributed by atoms with Crippen molar-refractivity contribution in [3.05, 3.63) is 95.1 Å². The first-order chi connectivity index (χ1) is 11.3. The SMILES string of the molecule is Clc1ccc(Cc2cc[c-](-c3cccc4cccnc34)c2)cc1.[Cl-].[Cl-].[Cr+3]. The molecule has 1 heterocycles. The molecule has 5 heteroatoms. The van der Waals surface area contributed by atoms with E-state index in [0.29, 0.717) is 0 Å². The second-order valence-corrected chi connectivity index (χ2v) is 6.13. The predicted molar refractivity (Wildman–Crippen MR) is 97.0 cm³/mol. The van der Waals surface area contributed by atoms with Gasteiger partial charge in [-0.15, -0.1) is 29.8 Å². The molecule has 0 unspecified atom stereocenters. The fourth-order valence-electron chi connectivity index (χ4n) is 2.95. The third kappa shape index (κ3) is 4.86. The molecule has 0 N–H and O–H groups in total. The Labute approximate surface area is 181 Å². The summed E-state index contributed by atoms with van der Waals surface area (Å²) in [6.45, 7) is 0. The Bertz CT molecular complexity index is 959. The van der Waals surface area contributed by atoms with E-state index in [4.69, 9.17) is 11.6 Å². The van der Waals surface area contributed by atoms with Crippen molar-refractivity contribution in [2.45, 2.75) is 6.42 Å². The summed E-state index contributed by atoms with van der Waals surface area (Å²) in [6.07, 6.45) is 2.76. The van der Waals surface area contributed by atoms with Crippen LogP contribution in [0.2, 0.25) is 5.02 Å². The van der Waals surface area contributed by atoms with Crippen LogP contribution in [0, 0.1) is 0 Å². The molecule has 3 aromatic carbocycles. The molecule has 26 heavy (non-hydrogen) atoms. The molecule has 0 aliphatic carbocycles. The van der Waals surface area contributed by atoms with Crippen molar-refractivity contribution < 1.29 is 42.2 Å². The maximum Gasteiger partial charge on any atom is 3.00 e. The van der Waals surface area contributed by atoms with Gasteiger partial charge in [0.2, 0.25) is 0 Å². The molecule has 0 aliphatic heterocycles. The average Bonchev–Trinajstić information content (AvgIpc) is 3.05. The maximum absolute atomic E-state index is 5.95. The quantitative estimate of drug-likeness (QED) is 0.405. The van der Waals surface area contributed by atoms with Crippen LogP contribution in [-0.4, -0.2) is 4.98 Å². The molecule has 0 amide bonds. The zero-order valence-corrected chi connectivity index (χ0v) is 17.2. The summed E-state index contributed by atoms with van der Waals surface area (Å²) in [6, 6.07) is 25.0. The number of para-hydroxylation sites is 1. The molecule has 0 saturated heterocycles.